The first kappa shape index (κ1) is 15.5. The molecule has 1 unspecified atom stereocenters. The predicted molar refractivity (Wildman–Crippen MR) is 82.3 cm³/mol. The molecule has 1 saturated heterocycles. The van der Waals surface area contributed by atoms with Crippen LogP contribution in [0.5, 0.6) is 0 Å². The van der Waals surface area contributed by atoms with Gasteiger partial charge in [-0.3, -0.25) is 4.90 Å². The number of rotatable bonds is 2. The summed E-state index contributed by atoms with van der Waals surface area (Å²) < 4.78 is 13.4. The van der Waals surface area contributed by atoms with Crippen molar-refractivity contribution in [1.82, 2.24) is 10.2 Å². The third kappa shape index (κ3) is 4.03. The zero-order valence-electron chi connectivity index (χ0n) is 13.2. The van der Waals surface area contributed by atoms with Crippen molar-refractivity contribution in [2.45, 2.75) is 46.7 Å². The van der Waals surface area contributed by atoms with Crippen LogP contribution in [-0.4, -0.2) is 30.6 Å². The van der Waals surface area contributed by atoms with Gasteiger partial charge in [-0.1, -0.05) is 26.8 Å². The van der Waals surface area contributed by atoms with Crippen LogP contribution < -0.4 is 5.32 Å². The molecule has 2 nitrogen and oxygen atoms in total. The maximum absolute atomic E-state index is 13.4. The van der Waals surface area contributed by atoms with E-state index in [2.05, 4.69) is 37.9 Å². The molecule has 1 aliphatic rings. The predicted octanol–water partition coefficient (Wildman–Crippen LogP) is 3.34. The molecule has 0 amide bonds. The van der Waals surface area contributed by atoms with Crippen molar-refractivity contribution in [3.63, 3.8) is 0 Å². The third-order valence-corrected chi connectivity index (χ3v) is 4.23. The second-order valence-electron chi connectivity index (χ2n) is 7.03. The summed E-state index contributed by atoms with van der Waals surface area (Å²) in [6.45, 7) is 12.9. The third-order valence-electron chi connectivity index (χ3n) is 4.23. The summed E-state index contributed by atoms with van der Waals surface area (Å²) in [4.78, 5) is 2.46. The van der Waals surface area contributed by atoms with E-state index in [9.17, 15) is 4.39 Å². The quantitative estimate of drug-likeness (QED) is 0.892. The molecule has 1 aromatic rings. The van der Waals surface area contributed by atoms with Gasteiger partial charge in [0.25, 0.3) is 0 Å². The lowest BCUT2D eigenvalue weighted by atomic mass is 9.86. The normalized spacial score (nSPS) is 21.8. The Hall–Kier alpha value is -0.930. The summed E-state index contributed by atoms with van der Waals surface area (Å²) in [6.07, 6.45) is 1.15. The van der Waals surface area contributed by atoms with Gasteiger partial charge in [-0.2, -0.15) is 0 Å². The smallest absolute Gasteiger partial charge is 0.123 e. The van der Waals surface area contributed by atoms with Crippen LogP contribution in [0.15, 0.2) is 18.2 Å². The molecule has 1 heterocycles. The first-order chi connectivity index (χ1) is 9.36. The van der Waals surface area contributed by atoms with Gasteiger partial charge in [-0.05, 0) is 55.1 Å². The Bertz CT molecular complexity index is 451. The molecule has 0 radical (unpaired) electrons. The van der Waals surface area contributed by atoms with E-state index in [-0.39, 0.29) is 11.2 Å². The lowest BCUT2D eigenvalue weighted by Gasteiger charge is -2.34. The number of halogens is 1. The van der Waals surface area contributed by atoms with E-state index >= 15 is 0 Å². The fourth-order valence-electron chi connectivity index (χ4n) is 2.77. The molecule has 1 aromatic carbocycles. The van der Waals surface area contributed by atoms with Gasteiger partial charge < -0.3 is 5.32 Å². The summed E-state index contributed by atoms with van der Waals surface area (Å²) in [5.74, 6) is -0.133. The molecule has 1 atom stereocenters. The van der Waals surface area contributed by atoms with Gasteiger partial charge in [0.1, 0.15) is 5.82 Å². The molecule has 1 N–H and O–H groups in total. The topological polar surface area (TPSA) is 15.3 Å². The number of aryl methyl sites for hydroxylation is 1. The van der Waals surface area contributed by atoms with Gasteiger partial charge in [0.2, 0.25) is 0 Å². The summed E-state index contributed by atoms with van der Waals surface area (Å²) in [5, 5.41) is 3.65. The van der Waals surface area contributed by atoms with Crippen LogP contribution in [0.3, 0.4) is 0 Å². The Morgan fingerprint density at radius 2 is 2.10 bits per heavy atom. The molecular formula is C17H27FN2. The van der Waals surface area contributed by atoms with Crippen LogP contribution in [0, 0.1) is 18.2 Å². The molecule has 20 heavy (non-hydrogen) atoms. The lowest BCUT2D eigenvalue weighted by Crippen LogP contribution is -2.46. The molecule has 112 valence electrons. The Kier molecular flexibility index (Phi) is 4.82. The molecule has 0 aliphatic carbocycles. The van der Waals surface area contributed by atoms with E-state index in [4.69, 9.17) is 0 Å². The highest BCUT2D eigenvalue weighted by Gasteiger charge is 2.28. The van der Waals surface area contributed by atoms with Crippen molar-refractivity contribution >= 4 is 0 Å². The van der Waals surface area contributed by atoms with Crippen LogP contribution in [-0.2, 0) is 6.54 Å². The largest absolute Gasteiger partial charge is 0.312 e. The van der Waals surface area contributed by atoms with Gasteiger partial charge in [0.05, 0.1) is 0 Å². The highest BCUT2D eigenvalue weighted by molar-refractivity contribution is 5.26. The van der Waals surface area contributed by atoms with E-state index in [1.807, 2.05) is 6.07 Å². The fourth-order valence-corrected chi connectivity index (χ4v) is 2.77. The van der Waals surface area contributed by atoms with E-state index in [1.165, 1.54) is 5.56 Å². The minimum atomic E-state index is -0.133. The van der Waals surface area contributed by atoms with E-state index in [0.29, 0.717) is 6.04 Å². The van der Waals surface area contributed by atoms with Crippen LogP contribution in [0.1, 0.15) is 38.3 Å². The number of nitrogens with zero attached hydrogens (tertiary/aromatic N) is 1. The van der Waals surface area contributed by atoms with Gasteiger partial charge in [0.15, 0.2) is 0 Å². The highest BCUT2D eigenvalue weighted by Crippen LogP contribution is 2.23. The van der Waals surface area contributed by atoms with E-state index in [0.717, 1.165) is 38.2 Å². The van der Waals surface area contributed by atoms with Gasteiger partial charge in [0, 0.05) is 19.1 Å². The zero-order chi connectivity index (χ0) is 14.8. The molecular weight excluding hydrogens is 251 g/mol. The molecule has 1 aliphatic heterocycles. The van der Waals surface area contributed by atoms with E-state index in [1.54, 1.807) is 12.1 Å². The summed E-state index contributed by atoms with van der Waals surface area (Å²) in [7, 11) is 0. The van der Waals surface area contributed by atoms with Gasteiger partial charge >= 0.3 is 0 Å². The fraction of sp³-hybridized carbons (Fsp3) is 0.647. The molecule has 2 rings (SSSR count). The van der Waals surface area contributed by atoms with Crippen molar-refractivity contribution in [3.05, 3.63) is 35.1 Å². The number of nitrogens with one attached hydrogen (secondary N) is 1. The Labute approximate surface area is 122 Å². The SMILES string of the molecule is Cc1ccc(F)cc1CN1CCCNC(C(C)(C)C)C1. The molecule has 0 bridgehead atoms. The Morgan fingerprint density at radius 3 is 2.80 bits per heavy atom. The van der Waals surface area contributed by atoms with Crippen LogP contribution in [0.2, 0.25) is 0 Å². The van der Waals surface area contributed by atoms with E-state index < -0.39 is 0 Å². The average molecular weight is 278 g/mol. The summed E-state index contributed by atoms with van der Waals surface area (Å²) in [5.41, 5.74) is 2.54. The average Bonchev–Trinajstić information content (AvgIpc) is 2.59. The second-order valence-corrected chi connectivity index (χ2v) is 7.03. The first-order valence-corrected chi connectivity index (χ1v) is 7.57. The Morgan fingerprint density at radius 1 is 1.35 bits per heavy atom. The van der Waals surface area contributed by atoms with Gasteiger partial charge in [-0.15, -0.1) is 0 Å². The summed E-state index contributed by atoms with van der Waals surface area (Å²) >= 11 is 0. The van der Waals surface area contributed by atoms with Crippen molar-refractivity contribution in [2.24, 2.45) is 5.41 Å². The zero-order valence-corrected chi connectivity index (χ0v) is 13.2. The van der Waals surface area contributed by atoms with Gasteiger partial charge in [-0.25, -0.2) is 4.39 Å². The van der Waals surface area contributed by atoms with Crippen LogP contribution in [0.4, 0.5) is 4.39 Å². The van der Waals surface area contributed by atoms with Crippen molar-refractivity contribution in [3.8, 4) is 0 Å². The van der Waals surface area contributed by atoms with Crippen LogP contribution in [0.25, 0.3) is 0 Å². The molecule has 0 aromatic heterocycles. The minimum Gasteiger partial charge on any atom is -0.312 e. The number of benzene rings is 1. The second kappa shape index (κ2) is 6.23. The molecule has 1 fully saturated rings. The summed E-state index contributed by atoms with van der Waals surface area (Å²) in [6, 6.07) is 5.58. The van der Waals surface area contributed by atoms with Crippen LogP contribution >= 0.6 is 0 Å². The highest BCUT2D eigenvalue weighted by atomic mass is 19.1. The standard InChI is InChI=1S/C17H27FN2/c1-13-6-7-15(18)10-14(13)11-20-9-5-8-19-16(12-20)17(2,3)4/h6-7,10,16,19H,5,8-9,11-12H2,1-4H3. The molecule has 3 heteroatoms. The lowest BCUT2D eigenvalue weighted by molar-refractivity contribution is 0.192. The number of hydrogen-bond acceptors (Lipinski definition) is 2. The maximum Gasteiger partial charge on any atom is 0.123 e. The monoisotopic (exact) mass is 278 g/mol. The van der Waals surface area contributed by atoms with Crippen molar-refractivity contribution < 1.29 is 4.39 Å². The first-order valence-electron chi connectivity index (χ1n) is 7.57. The van der Waals surface area contributed by atoms with Crippen molar-refractivity contribution in [2.75, 3.05) is 19.6 Å². The van der Waals surface area contributed by atoms with Crippen molar-refractivity contribution in [1.29, 1.82) is 0 Å². The Balaban J connectivity index is 2.09. The molecule has 0 saturated carbocycles. The minimum absolute atomic E-state index is 0.133. The molecule has 0 spiro atoms. The number of hydrogen-bond donors (Lipinski definition) is 1. The maximum atomic E-state index is 13.4.